The number of imidazole rings is 1. The molecule has 0 aromatic carbocycles. The maximum absolute atomic E-state index is 6.88. The Morgan fingerprint density at radius 1 is 1.89 bits per heavy atom. The Labute approximate surface area is 56.7 Å². The van der Waals surface area contributed by atoms with Crippen LogP contribution in [0.4, 0.5) is 0 Å². The maximum Gasteiger partial charge on any atom is 0.283 e. The van der Waals surface area contributed by atoms with Crippen molar-refractivity contribution < 1.29 is 5.11 Å². The summed E-state index contributed by atoms with van der Waals surface area (Å²) in [7, 11) is 0. The molecule has 0 saturated carbocycles. The number of rotatable bonds is 0. The molecule has 0 amide bonds. The van der Waals surface area contributed by atoms with Crippen LogP contribution in [0.3, 0.4) is 0 Å². The average molecular weight is 146 g/mol. The van der Waals surface area contributed by atoms with Crippen LogP contribution < -0.4 is 0 Å². The summed E-state index contributed by atoms with van der Waals surface area (Å²) in [5.74, 6) is 0. The predicted molar refractivity (Wildman–Crippen MR) is 31.1 cm³/mol. The molecular formula is C4H4ClN3O. The Bertz CT molecular complexity index is 178. The van der Waals surface area contributed by atoms with Gasteiger partial charge in [-0.3, -0.25) is 0 Å². The van der Waals surface area contributed by atoms with Crippen molar-refractivity contribution in [3.05, 3.63) is 17.7 Å². The zero-order chi connectivity index (χ0) is 7.11. The number of aliphatic hydroxyl groups excluding tert-OH is 1. The number of aromatic amines is 1. The predicted octanol–water partition coefficient (Wildman–Crippen LogP) is 0.903. The summed E-state index contributed by atoms with van der Waals surface area (Å²) in [6.07, 6.45) is 4.02. The molecule has 0 radical (unpaired) electrons. The summed E-state index contributed by atoms with van der Waals surface area (Å²) < 4.78 is 0. The number of H-pyrrole nitrogens is 1. The van der Waals surface area contributed by atoms with Gasteiger partial charge in [0.1, 0.15) is 0 Å². The van der Waals surface area contributed by atoms with Gasteiger partial charge in [0.15, 0.2) is 5.28 Å². The third-order valence-corrected chi connectivity index (χ3v) is 0.672. The molecule has 0 unspecified atom stereocenters. The van der Waals surface area contributed by atoms with E-state index in [1.54, 1.807) is 12.4 Å². The average Bonchev–Trinajstić information content (AvgIpc) is 2.20. The highest BCUT2D eigenvalue weighted by Crippen LogP contribution is 1.92. The molecule has 1 aromatic heterocycles. The van der Waals surface area contributed by atoms with Gasteiger partial charge in [-0.25, -0.2) is 4.98 Å². The van der Waals surface area contributed by atoms with Crippen molar-refractivity contribution in [1.82, 2.24) is 9.97 Å². The third kappa shape index (κ3) is 4.65. The van der Waals surface area contributed by atoms with Gasteiger partial charge < -0.3 is 10.1 Å². The van der Waals surface area contributed by atoms with Crippen LogP contribution in [0.5, 0.6) is 0 Å². The monoisotopic (exact) mass is 145 g/mol. The highest BCUT2D eigenvalue weighted by molar-refractivity contribution is 6.28. The topological polar surface area (TPSA) is 72.7 Å². The third-order valence-electron chi connectivity index (χ3n) is 0.465. The minimum absolute atomic E-state index is 0.440. The molecule has 4 nitrogen and oxygen atoms in total. The molecule has 2 N–H and O–H groups in total. The summed E-state index contributed by atoms with van der Waals surface area (Å²) in [5.41, 5.74) is 0. The Morgan fingerprint density at radius 3 is 2.56 bits per heavy atom. The molecule has 0 fully saturated rings. The second kappa shape index (κ2) is 4.94. The highest BCUT2D eigenvalue weighted by Gasteiger charge is 1.77. The van der Waals surface area contributed by atoms with Gasteiger partial charge in [0.2, 0.25) is 0 Å². The van der Waals surface area contributed by atoms with E-state index in [0.717, 1.165) is 6.26 Å². The molecule has 0 aliphatic heterocycles. The van der Waals surface area contributed by atoms with Crippen molar-refractivity contribution in [2.75, 3.05) is 0 Å². The quantitative estimate of drug-likeness (QED) is 0.533. The Hall–Kier alpha value is -1.21. The van der Waals surface area contributed by atoms with Crippen molar-refractivity contribution in [1.29, 1.82) is 5.26 Å². The highest BCUT2D eigenvalue weighted by atomic mass is 35.5. The van der Waals surface area contributed by atoms with Gasteiger partial charge in [-0.05, 0) is 11.6 Å². The van der Waals surface area contributed by atoms with Crippen LogP contribution in [-0.4, -0.2) is 15.1 Å². The summed E-state index contributed by atoms with van der Waals surface area (Å²) in [6.45, 7) is 0. The lowest BCUT2D eigenvalue weighted by Crippen LogP contribution is -1.56. The number of aliphatic hydroxyl groups is 1. The second-order valence-corrected chi connectivity index (χ2v) is 1.34. The number of nitriles is 1. The zero-order valence-electron chi connectivity index (χ0n) is 4.37. The minimum atomic E-state index is 0.440. The molecule has 0 aliphatic rings. The molecule has 1 rings (SSSR count). The summed E-state index contributed by atoms with van der Waals surface area (Å²) in [6, 6.07) is 0. The molecule has 5 heteroatoms. The Balaban J connectivity index is 0.000000187. The standard InChI is InChI=1S/C3H3ClN2.CHNO/c4-3-5-1-2-6-3;2-1-3/h1-2H,(H,5,6);3H. The van der Waals surface area contributed by atoms with E-state index < -0.39 is 0 Å². The van der Waals surface area contributed by atoms with Crippen molar-refractivity contribution in [2.24, 2.45) is 0 Å². The van der Waals surface area contributed by atoms with Gasteiger partial charge in [-0.2, -0.15) is 5.26 Å². The molecule has 48 valence electrons. The number of nitrogens with one attached hydrogen (secondary N) is 1. The summed E-state index contributed by atoms with van der Waals surface area (Å²) in [5, 5.41) is 14.2. The SMILES string of the molecule is Clc1ncc[nH]1.N#CO. The normalized spacial score (nSPS) is 6.67. The number of nitrogens with zero attached hydrogens (tertiary/aromatic N) is 2. The summed E-state index contributed by atoms with van der Waals surface area (Å²) in [4.78, 5) is 6.28. The van der Waals surface area contributed by atoms with E-state index >= 15 is 0 Å². The Morgan fingerprint density at radius 2 is 2.44 bits per heavy atom. The molecule has 1 aromatic rings. The number of aromatic nitrogens is 2. The molecule has 0 atom stereocenters. The maximum atomic E-state index is 6.88. The van der Waals surface area contributed by atoms with Crippen molar-refractivity contribution >= 4 is 11.6 Å². The van der Waals surface area contributed by atoms with E-state index in [2.05, 4.69) is 9.97 Å². The van der Waals surface area contributed by atoms with Gasteiger partial charge in [-0.1, -0.05) is 0 Å². The van der Waals surface area contributed by atoms with E-state index in [9.17, 15) is 0 Å². The number of halogens is 1. The van der Waals surface area contributed by atoms with E-state index in [1.165, 1.54) is 0 Å². The smallest absolute Gasteiger partial charge is 0.283 e. The van der Waals surface area contributed by atoms with E-state index in [4.69, 9.17) is 22.0 Å². The van der Waals surface area contributed by atoms with Gasteiger partial charge in [-0.15, -0.1) is 0 Å². The fourth-order valence-electron chi connectivity index (χ4n) is 0.246. The lowest BCUT2D eigenvalue weighted by Gasteiger charge is -1.64. The van der Waals surface area contributed by atoms with Crippen LogP contribution in [-0.2, 0) is 0 Å². The van der Waals surface area contributed by atoms with Gasteiger partial charge in [0.25, 0.3) is 6.26 Å². The van der Waals surface area contributed by atoms with Crippen LogP contribution in [0.15, 0.2) is 12.4 Å². The number of hydrogen-bond donors (Lipinski definition) is 2. The van der Waals surface area contributed by atoms with E-state index in [1.807, 2.05) is 0 Å². The first-order chi connectivity index (χ1) is 4.31. The first-order valence-corrected chi connectivity index (χ1v) is 2.37. The van der Waals surface area contributed by atoms with Gasteiger partial charge in [0.05, 0.1) is 0 Å². The van der Waals surface area contributed by atoms with Crippen molar-refractivity contribution in [3.63, 3.8) is 0 Å². The molecule has 0 bridgehead atoms. The first-order valence-electron chi connectivity index (χ1n) is 1.99. The fraction of sp³-hybridized carbons (Fsp3) is 0. The van der Waals surface area contributed by atoms with Crippen LogP contribution in [0.25, 0.3) is 0 Å². The number of hydrogen-bond acceptors (Lipinski definition) is 3. The largest absolute Gasteiger partial charge is 0.443 e. The minimum Gasteiger partial charge on any atom is -0.443 e. The molecule has 1 heterocycles. The second-order valence-electron chi connectivity index (χ2n) is 0.980. The zero-order valence-corrected chi connectivity index (χ0v) is 5.13. The first kappa shape index (κ1) is 7.79. The molecule has 9 heavy (non-hydrogen) atoms. The molecule has 0 saturated heterocycles. The van der Waals surface area contributed by atoms with E-state index in [0.29, 0.717) is 5.28 Å². The van der Waals surface area contributed by atoms with Crippen LogP contribution in [0.1, 0.15) is 0 Å². The van der Waals surface area contributed by atoms with Crippen LogP contribution in [0, 0.1) is 11.5 Å². The Kier molecular flexibility index (Phi) is 4.27. The van der Waals surface area contributed by atoms with Crippen LogP contribution in [0.2, 0.25) is 5.28 Å². The van der Waals surface area contributed by atoms with Crippen molar-refractivity contribution in [3.8, 4) is 6.26 Å². The van der Waals surface area contributed by atoms with Gasteiger partial charge in [0, 0.05) is 12.4 Å². The molecule has 0 spiro atoms. The van der Waals surface area contributed by atoms with E-state index in [-0.39, 0.29) is 0 Å². The van der Waals surface area contributed by atoms with Gasteiger partial charge >= 0.3 is 0 Å². The van der Waals surface area contributed by atoms with Crippen molar-refractivity contribution in [2.45, 2.75) is 0 Å². The fourth-order valence-corrected chi connectivity index (χ4v) is 0.365. The summed E-state index contributed by atoms with van der Waals surface area (Å²) >= 11 is 5.29. The van der Waals surface area contributed by atoms with Crippen LogP contribution >= 0.6 is 11.6 Å². The molecular weight excluding hydrogens is 142 g/mol. The molecule has 0 aliphatic carbocycles. The lowest BCUT2D eigenvalue weighted by atomic mass is 11.0. The lowest BCUT2D eigenvalue weighted by molar-refractivity contribution is 0.503.